The molecule has 1 aromatic carbocycles. The molecule has 2 aliphatic heterocycles. The van der Waals surface area contributed by atoms with Crippen molar-refractivity contribution in [3.8, 4) is 0 Å². The minimum Gasteiger partial charge on any atom is -0.444 e. The number of ether oxygens (including phenoxy) is 1. The van der Waals surface area contributed by atoms with Gasteiger partial charge in [-0.15, -0.1) is 11.3 Å². The molecule has 2 amide bonds. The Kier molecular flexibility index (Phi) is 9.31. The Morgan fingerprint density at radius 1 is 1.21 bits per heavy atom. The molecular formula is C27H33N5O5S2. The van der Waals surface area contributed by atoms with Crippen molar-refractivity contribution in [1.29, 1.82) is 0 Å². The number of anilines is 1. The molecule has 2 aromatic rings. The third kappa shape index (κ3) is 8.32. The lowest BCUT2D eigenvalue weighted by Crippen LogP contribution is -2.47. The predicted octanol–water partition coefficient (Wildman–Crippen LogP) is 4.91. The predicted molar refractivity (Wildman–Crippen MR) is 155 cm³/mol. The van der Waals surface area contributed by atoms with Crippen LogP contribution in [0.15, 0.2) is 51.3 Å². The average molecular weight is 572 g/mol. The zero-order chi connectivity index (χ0) is 28.0. The number of likely N-dealkylation sites (tertiary alicyclic amines) is 1. The lowest BCUT2D eigenvalue weighted by molar-refractivity contribution is 0.0474. The van der Waals surface area contributed by atoms with Gasteiger partial charge < -0.3 is 24.8 Å². The van der Waals surface area contributed by atoms with E-state index in [0.717, 1.165) is 10.4 Å². The van der Waals surface area contributed by atoms with Crippen LogP contribution < -0.4 is 10.6 Å². The molecule has 0 saturated carbocycles. The van der Waals surface area contributed by atoms with Gasteiger partial charge in [0.15, 0.2) is 11.1 Å². The summed E-state index contributed by atoms with van der Waals surface area (Å²) in [7, 11) is 0. The molecule has 0 spiro atoms. The number of fused-ring (bicyclic) bond motifs is 1. The number of amides is 2. The Bertz CT molecular complexity index is 1320. The highest BCUT2D eigenvalue weighted by molar-refractivity contribution is 7.79. The van der Waals surface area contributed by atoms with Crippen LogP contribution in [0, 0.1) is 0 Å². The van der Waals surface area contributed by atoms with Gasteiger partial charge in [-0.1, -0.05) is 12.1 Å². The smallest absolute Gasteiger partial charge is 0.407 e. The molecule has 3 N–H and O–H groups in total. The highest BCUT2D eigenvalue weighted by Crippen LogP contribution is 2.28. The Balaban J connectivity index is 1.41. The second-order valence-corrected chi connectivity index (χ2v) is 12.3. The van der Waals surface area contributed by atoms with Gasteiger partial charge in [0.25, 0.3) is 5.91 Å². The molecule has 208 valence electrons. The van der Waals surface area contributed by atoms with Crippen molar-refractivity contribution in [3.05, 3.63) is 51.7 Å². The number of carbonyl (C=O) groups is 2. The molecule has 2 aliphatic rings. The zero-order valence-corrected chi connectivity index (χ0v) is 23.8. The van der Waals surface area contributed by atoms with E-state index in [2.05, 4.69) is 20.6 Å². The SMILES string of the molecule is CC(C)(C)OC(=O)NC1CCN(C(=O)c2cc3c(s2)/C=C\CC=NC(Nc2cccc(S(=O)O)c2)=NC3)CC1. The molecule has 1 atom stereocenters. The van der Waals surface area contributed by atoms with Gasteiger partial charge in [0.2, 0.25) is 5.96 Å². The van der Waals surface area contributed by atoms with Crippen LogP contribution in [0.4, 0.5) is 10.5 Å². The second-order valence-electron chi connectivity index (χ2n) is 10.2. The number of thiophene rings is 1. The van der Waals surface area contributed by atoms with Crippen LogP contribution in [0.5, 0.6) is 0 Å². The second kappa shape index (κ2) is 12.7. The number of hydrogen-bond acceptors (Lipinski definition) is 8. The lowest BCUT2D eigenvalue weighted by Gasteiger charge is -2.32. The molecular weight excluding hydrogens is 538 g/mol. The maximum absolute atomic E-state index is 13.3. The van der Waals surface area contributed by atoms with E-state index in [1.165, 1.54) is 11.3 Å². The Labute approximate surface area is 234 Å². The van der Waals surface area contributed by atoms with Gasteiger partial charge in [-0.25, -0.2) is 19.0 Å². The summed E-state index contributed by atoms with van der Waals surface area (Å²) in [6, 6.07) is 8.46. The number of piperidine rings is 1. The summed E-state index contributed by atoms with van der Waals surface area (Å²) >= 11 is -0.645. The third-order valence-corrected chi connectivity index (χ3v) is 7.76. The fourth-order valence-electron chi connectivity index (χ4n) is 4.13. The molecule has 0 aliphatic carbocycles. The average Bonchev–Trinajstić information content (AvgIpc) is 3.29. The molecule has 1 aromatic heterocycles. The quantitative estimate of drug-likeness (QED) is 0.447. The topological polar surface area (TPSA) is 133 Å². The van der Waals surface area contributed by atoms with Gasteiger partial charge in [0.05, 0.1) is 16.3 Å². The molecule has 1 fully saturated rings. The molecule has 0 radical (unpaired) electrons. The van der Waals surface area contributed by atoms with E-state index in [0.29, 0.717) is 55.4 Å². The summed E-state index contributed by atoms with van der Waals surface area (Å²) in [5.74, 6) is 0.342. The van der Waals surface area contributed by atoms with Gasteiger partial charge in [-0.2, -0.15) is 0 Å². The van der Waals surface area contributed by atoms with E-state index >= 15 is 0 Å². The fourth-order valence-corrected chi connectivity index (χ4v) is 5.63. The maximum atomic E-state index is 13.3. The van der Waals surface area contributed by atoms with Crippen LogP contribution in [-0.4, -0.2) is 62.6 Å². The molecule has 12 heteroatoms. The number of guanidine groups is 1. The highest BCUT2D eigenvalue weighted by Gasteiger charge is 2.27. The Morgan fingerprint density at radius 2 is 1.97 bits per heavy atom. The monoisotopic (exact) mass is 571 g/mol. The minimum absolute atomic E-state index is 0.0266. The fraction of sp³-hybridized carbons (Fsp3) is 0.407. The van der Waals surface area contributed by atoms with Crippen LogP contribution in [0.2, 0.25) is 0 Å². The van der Waals surface area contributed by atoms with Gasteiger partial charge >= 0.3 is 6.09 Å². The highest BCUT2D eigenvalue weighted by atomic mass is 32.2. The molecule has 10 nitrogen and oxygen atoms in total. The standard InChI is InChI=1S/C27H33N5O5S2/c1-27(2,3)37-26(34)31-19-10-13-32(14-11-19)24(33)23-15-18-17-29-25(28-12-5-4-9-22(18)38-23)30-20-7-6-8-21(16-20)39(35)36/h4,6-9,12,15-16,19H,5,10-11,13-14,17H2,1-3H3,(H,29,30)(H,31,34)(H,35,36)/b9-4-,28-12?. The molecule has 39 heavy (non-hydrogen) atoms. The third-order valence-electron chi connectivity index (χ3n) is 5.97. The summed E-state index contributed by atoms with van der Waals surface area (Å²) in [5.41, 5.74) is 0.968. The van der Waals surface area contributed by atoms with Crippen molar-refractivity contribution in [1.82, 2.24) is 10.2 Å². The van der Waals surface area contributed by atoms with Crippen LogP contribution in [0.25, 0.3) is 6.08 Å². The van der Waals surface area contributed by atoms with Gasteiger partial charge in [-0.3, -0.25) is 4.79 Å². The number of hydrogen-bond donors (Lipinski definition) is 3. The first-order chi connectivity index (χ1) is 18.6. The number of rotatable bonds is 4. The normalized spacial score (nSPS) is 17.9. The summed E-state index contributed by atoms with van der Waals surface area (Å²) in [6.07, 6.45) is 7.19. The molecule has 1 saturated heterocycles. The maximum Gasteiger partial charge on any atom is 0.407 e. The van der Waals surface area contributed by atoms with Crippen LogP contribution >= 0.6 is 11.3 Å². The molecule has 3 heterocycles. The lowest BCUT2D eigenvalue weighted by atomic mass is 10.0. The summed E-state index contributed by atoms with van der Waals surface area (Å²) < 4.78 is 26.1. The van der Waals surface area contributed by atoms with Crippen molar-refractivity contribution in [2.75, 3.05) is 18.4 Å². The number of aliphatic imine (C=N–C) groups is 2. The van der Waals surface area contributed by atoms with Crippen LogP contribution in [0.1, 0.15) is 60.1 Å². The van der Waals surface area contributed by atoms with Gasteiger partial charge in [0.1, 0.15) is 5.60 Å². The van der Waals surface area contributed by atoms with Gasteiger partial charge in [-0.05, 0) is 69.5 Å². The first kappa shape index (κ1) is 28.7. The van der Waals surface area contributed by atoms with E-state index in [9.17, 15) is 18.4 Å². The number of nitrogens with zero attached hydrogens (tertiary/aromatic N) is 3. The first-order valence-electron chi connectivity index (χ1n) is 12.7. The van der Waals surface area contributed by atoms with Crippen molar-refractivity contribution >= 4 is 58.4 Å². The largest absolute Gasteiger partial charge is 0.444 e. The van der Waals surface area contributed by atoms with Crippen molar-refractivity contribution in [2.24, 2.45) is 9.98 Å². The van der Waals surface area contributed by atoms with E-state index in [-0.39, 0.29) is 16.8 Å². The van der Waals surface area contributed by atoms with Crippen molar-refractivity contribution < 1.29 is 23.1 Å². The number of carbonyl (C=O) groups excluding carboxylic acids is 2. The Hall–Kier alpha value is -3.35. The van der Waals surface area contributed by atoms with Gasteiger partial charge in [0, 0.05) is 42.3 Å². The summed E-state index contributed by atoms with van der Waals surface area (Å²) in [6.45, 7) is 6.90. The van der Waals surface area contributed by atoms with E-state index in [4.69, 9.17) is 4.74 Å². The first-order valence-corrected chi connectivity index (χ1v) is 14.6. The van der Waals surface area contributed by atoms with E-state index < -0.39 is 22.8 Å². The van der Waals surface area contributed by atoms with Crippen molar-refractivity contribution in [3.63, 3.8) is 0 Å². The van der Waals surface area contributed by atoms with E-state index in [1.54, 1.807) is 30.5 Å². The number of benzene rings is 1. The molecule has 0 bridgehead atoms. The summed E-state index contributed by atoms with van der Waals surface area (Å²) in [4.78, 5) is 38.1. The Morgan fingerprint density at radius 3 is 2.69 bits per heavy atom. The zero-order valence-electron chi connectivity index (χ0n) is 22.2. The van der Waals surface area contributed by atoms with E-state index in [1.807, 2.05) is 43.9 Å². The van der Waals surface area contributed by atoms with Crippen molar-refractivity contribution in [2.45, 2.75) is 63.1 Å². The molecule has 4 rings (SSSR count). The number of alkyl carbamates (subject to hydrolysis) is 1. The van der Waals surface area contributed by atoms with Crippen LogP contribution in [0.3, 0.4) is 0 Å². The molecule has 1 unspecified atom stereocenters. The number of nitrogens with one attached hydrogen (secondary N) is 2. The summed E-state index contributed by atoms with van der Waals surface area (Å²) in [5, 5.41) is 6.01. The van der Waals surface area contributed by atoms with Crippen LogP contribution in [-0.2, 0) is 22.4 Å². The number of allylic oxidation sites excluding steroid dienone is 1. The minimum atomic E-state index is -2.09.